The topological polar surface area (TPSA) is 54.0 Å². The molecule has 0 radical (unpaired) electrons. The lowest BCUT2D eigenvalue weighted by Gasteiger charge is -2.23. The van der Waals surface area contributed by atoms with Crippen LogP contribution >= 0.6 is 11.6 Å². The van der Waals surface area contributed by atoms with Gasteiger partial charge in [0.25, 0.3) is 5.91 Å². The second-order valence-electron chi connectivity index (χ2n) is 5.79. The van der Waals surface area contributed by atoms with Gasteiger partial charge in [0.15, 0.2) is 0 Å². The predicted octanol–water partition coefficient (Wildman–Crippen LogP) is 3.48. The second kappa shape index (κ2) is 6.44. The molecule has 0 bridgehead atoms. The van der Waals surface area contributed by atoms with Gasteiger partial charge in [-0.25, -0.2) is 4.98 Å². The quantitative estimate of drug-likeness (QED) is 0.874. The number of aromatic nitrogens is 1. The van der Waals surface area contributed by atoms with E-state index in [2.05, 4.69) is 22.5 Å². The van der Waals surface area contributed by atoms with Gasteiger partial charge < -0.3 is 10.6 Å². The zero-order chi connectivity index (χ0) is 14.6. The Morgan fingerprint density at radius 2 is 2.15 bits per heavy atom. The number of anilines is 1. The Labute approximate surface area is 125 Å². The summed E-state index contributed by atoms with van der Waals surface area (Å²) in [5, 5.41) is 6.53. The van der Waals surface area contributed by atoms with Crippen molar-refractivity contribution in [3.63, 3.8) is 0 Å². The normalized spacial score (nSPS) is 16.9. The molecule has 1 fully saturated rings. The van der Waals surface area contributed by atoms with Crippen LogP contribution in [0.2, 0.25) is 5.02 Å². The molecule has 1 amide bonds. The smallest absolute Gasteiger partial charge is 0.252 e. The fraction of sp³-hybridized carbons (Fsp3) is 0.600. The summed E-state index contributed by atoms with van der Waals surface area (Å²) in [5.74, 6) is 0.518. The van der Waals surface area contributed by atoms with Crippen LogP contribution in [0, 0.1) is 5.41 Å². The maximum absolute atomic E-state index is 12.1. The number of rotatable bonds is 5. The number of carbonyl (C=O) groups is 1. The first kappa shape index (κ1) is 15.1. The highest BCUT2D eigenvalue weighted by Gasteiger charge is 2.29. The van der Waals surface area contributed by atoms with E-state index in [0.29, 0.717) is 16.4 Å². The fourth-order valence-electron chi connectivity index (χ4n) is 2.66. The van der Waals surface area contributed by atoms with Crippen LogP contribution in [0.25, 0.3) is 0 Å². The molecule has 1 aliphatic carbocycles. The number of hydrogen-bond donors (Lipinski definition) is 2. The highest BCUT2D eigenvalue weighted by Crippen LogP contribution is 2.36. The summed E-state index contributed by atoms with van der Waals surface area (Å²) in [5.41, 5.74) is 0.759. The van der Waals surface area contributed by atoms with Gasteiger partial charge in [-0.15, -0.1) is 0 Å². The first-order valence-corrected chi connectivity index (χ1v) is 7.59. The molecule has 4 nitrogen and oxygen atoms in total. The van der Waals surface area contributed by atoms with Crippen LogP contribution in [0.15, 0.2) is 12.3 Å². The summed E-state index contributed by atoms with van der Waals surface area (Å²) in [4.78, 5) is 16.3. The molecule has 0 saturated heterocycles. The van der Waals surface area contributed by atoms with Crippen LogP contribution < -0.4 is 10.6 Å². The number of nitrogens with one attached hydrogen (secondary N) is 2. The van der Waals surface area contributed by atoms with Crippen molar-refractivity contribution in [3.8, 4) is 0 Å². The van der Waals surface area contributed by atoms with E-state index in [1.165, 1.54) is 25.7 Å². The van der Waals surface area contributed by atoms with Crippen LogP contribution in [0.5, 0.6) is 0 Å². The maximum atomic E-state index is 12.1. The second-order valence-corrected chi connectivity index (χ2v) is 6.19. The maximum Gasteiger partial charge on any atom is 0.252 e. The van der Waals surface area contributed by atoms with E-state index in [9.17, 15) is 4.79 Å². The molecule has 1 aliphatic rings. The average Bonchev–Trinajstić information content (AvgIpc) is 2.86. The van der Waals surface area contributed by atoms with Crippen molar-refractivity contribution in [1.29, 1.82) is 0 Å². The highest BCUT2D eigenvalue weighted by molar-refractivity contribution is 6.33. The van der Waals surface area contributed by atoms with Crippen molar-refractivity contribution in [3.05, 3.63) is 22.8 Å². The Morgan fingerprint density at radius 3 is 2.75 bits per heavy atom. The van der Waals surface area contributed by atoms with Gasteiger partial charge in [0, 0.05) is 19.3 Å². The lowest BCUT2D eigenvalue weighted by Crippen LogP contribution is -2.34. The molecule has 0 aromatic carbocycles. The molecule has 20 heavy (non-hydrogen) atoms. The minimum atomic E-state index is -0.101. The number of halogens is 1. The van der Waals surface area contributed by atoms with Crippen molar-refractivity contribution in [2.24, 2.45) is 5.41 Å². The van der Waals surface area contributed by atoms with E-state index in [1.807, 2.05) is 6.92 Å². The summed E-state index contributed by atoms with van der Waals surface area (Å²) in [6.45, 7) is 5.68. The van der Waals surface area contributed by atoms with Gasteiger partial charge in [0.05, 0.1) is 10.6 Å². The lowest BCUT2D eigenvalue weighted by molar-refractivity contribution is 0.0934. The van der Waals surface area contributed by atoms with E-state index in [4.69, 9.17) is 11.6 Å². The largest absolute Gasteiger partial charge is 0.369 e. The fourth-order valence-corrected chi connectivity index (χ4v) is 2.89. The van der Waals surface area contributed by atoms with Gasteiger partial charge in [-0.1, -0.05) is 31.4 Å². The molecule has 110 valence electrons. The van der Waals surface area contributed by atoms with Crippen molar-refractivity contribution >= 4 is 23.3 Å². The van der Waals surface area contributed by atoms with Crippen LogP contribution in [0.4, 0.5) is 5.82 Å². The minimum Gasteiger partial charge on any atom is -0.369 e. The Kier molecular flexibility index (Phi) is 4.86. The molecule has 1 heterocycles. The monoisotopic (exact) mass is 295 g/mol. The standard InChI is InChI=1S/C15H22ClN3O/c1-3-17-13-12(16)8-11(9-18-13)14(20)19-10-15(2)6-4-5-7-15/h8-9H,3-7,10H2,1-2H3,(H,17,18)(H,19,20). The van der Waals surface area contributed by atoms with E-state index in [-0.39, 0.29) is 11.3 Å². The van der Waals surface area contributed by atoms with E-state index in [0.717, 1.165) is 13.1 Å². The molecular formula is C15H22ClN3O. The van der Waals surface area contributed by atoms with Crippen LogP contribution in [0.3, 0.4) is 0 Å². The van der Waals surface area contributed by atoms with Gasteiger partial charge >= 0.3 is 0 Å². The van der Waals surface area contributed by atoms with Gasteiger partial charge in [-0.2, -0.15) is 0 Å². The zero-order valence-electron chi connectivity index (χ0n) is 12.1. The molecular weight excluding hydrogens is 274 g/mol. The third-order valence-corrected chi connectivity index (χ3v) is 4.22. The van der Waals surface area contributed by atoms with Gasteiger partial charge in [-0.3, -0.25) is 4.79 Å². The first-order valence-electron chi connectivity index (χ1n) is 7.22. The van der Waals surface area contributed by atoms with E-state index in [1.54, 1.807) is 12.3 Å². The van der Waals surface area contributed by atoms with Crippen molar-refractivity contribution < 1.29 is 4.79 Å². The summed E-state index contributed by atoms with van der Waals surface area (Å²) >= 11 is 6.10. The van der Waals surface area contributed by atoms with Crippen molar-refractivity contribution in [2.75, 3.05) is 18.4 Å². The number of amides is 1. The van der Waals surface area contributed by atoms with E-state index < -0.39 is 0 Å². The molecule has 1 aromatic rings. The molecule has 2 N–H and O–H groups in total. The molecule has 1 saturated carbocycles. The van der Waals surface area contributed by atoms with Crippen LogP contribution in [-0.4, -0.2) is 24.0 Å². The van der Waals surface area contributed by atoms with Gasteiger partial charge in [0.2, 0.25) is 0 Å². The average molecular weight is 296 g/mol. The number of hydrogen-bond acceptors (Lipinski definition) is 3. The summed E-state index contributed by atoms with van der Waals surface area (Å²) < 4.78 is 0. The van der Waals surface area contributed by atoms with Crippen LogP contribution in [-0.2, 0) is 0 Å². The minimum absolute atomic E-state index is 0.101. The number of carbonyl (C=O) groups excluding carboxylic acids is 1. The molecule has 5 heteroatoms. The summed E-state index contributed by atoms with van der Waals surface area (Å²) in [7, 11) is 0. The molecule has 0 unspecified atom stereocenters. The SMILES string of the molecule is CCNc1ncc(C(=O)NCC2(C)CCCC2)cc1Cl. The molecule has 2 rings (SSSR count). The van der Waals surface area contributed by atoms with Gasteiger partial charge in [-0.05, 0) is 31.2 Å². The molecule has 0 aliphatic heterocycles. The number of pyridine rings is 1. The Hall–Kier alpha value is -1.29. The van der Waals surface area contributed by atoms with Crippen molar-refractivity contribution in [2.45, 2.75) is 39.5 Å². The third kappa shape index (κ3) is 3.63. The highest BCUT2D eigenvalue weighted by atomic mass is 35.5. The summed E-state index contributed by atoms with van der Waals surface area (Å²) in [6.07, 6.45) is 6.46. The first-order chi connectivity index (χ1) is 9.54. The molecule has 0 atom stereocenters. The number of nitrogens with zero attached hydrogens (tertiary/aromatic N) is 1. The van der Waals surface area contributed by atoms with Gasteiger partial charge in [0.1, 0.15) is 5.82 Å². The third-order valence-electron chi connectivity index (χ3n) is 3.93. The Balaban J connectivity index is 1.97. The lowest BCUT2D eigenvalue weighted by atomic mass is 9.89. The Morgan fingerprint density at radius 1 is 1.45 bits per heavy atom. The Bertz CT molecular complexity index is 484. The zero-order valence-corrected chi connectivity index (χ0v) is 12.9. The summed E-state index contributed by atoms with van der Waals surface area (Å²) in [6, 6.07) is 1.67. The van der Waals surface area contributed by atoms with E-state index >= 15 is 0 Å². The molecule has 1 aromatic heterocycles. The van der Waals surface area contributed by atoms with Crippen LogP contribution in [0.1, 0.15) is 49.9 Å². The molecule has 0 spiro atoms. The predicted molar refractivity (Wildman–Crippen MR) is 82.3 cm³/mol. The van der Waals surface area contributed by atoms with Crippen molar-refractivity contribution in [1.82, 2.24) is 10.3 Å².